The van der Waals surface area contributed by atoms with E-state index < -0.39 is 0 Å². The number of aryl methyl sites for hydroxylation is 1. The molecule has 2 aromatic rings. The second-order valence-corrected chi connectivity index (χ2v) is 5.32. The number of piperazine rings is 1. The van der Waals surface area contributed by atoms with Crippen LogP contribution in [0.3, 0.4) is 0 Å². The average Bonchev–Trinajstić information content (AvgIpc) is 3.01. The number of nitrogens with one attached hydrogen (secondary N) is 1. The molecule has 2 aromatic heterocycles. The second-order valence-electron chi connectivity index (χ2n) is 4.26. The Hall–Kier alpha value is -1.47. The van der Waals surface area contributed by atoms with E-state index in [2.05, 4.69) is 25.3 Å². The quantitative estimate of drug-likeness (QED) is 0.887. The number of thiazole rings is 1. The number of nitrogens with zero attached hydrogens (tertiary/aromatic N) is 4. The highest BCUT2D eigenvalue weighted by atomic mass is 32.1. The summed E-state index contributed by atoms with van der Waals surface area (Å²) in [5.74, 6) is 1.33. The summed E-state index contributed by atoms with van der Waals surface area (Å²) >= 11 is 1.64. The van der Waals surface area contributed by atoms with E-state index in [1.165, 1.54) is 0 Å². The Morgan fingerprint density at radius 2 is 2.22 bits per heavy atom. The van der Waals surface area contributed by atoms with E-state index in [0.717, 1.165) is 36.9 Å². The predicted molar refractivity (Wildman–Crippen MR) is 69.0 cm³/mol. The highest BCUT2D eigenvalue weighted by Gasteiger charge is 2.16. The molecule has 3 heterocycles. The molecule has 18 heavy (non-hydrogen) atoms. The molecule has 1 aliphatic rings. The van der Waals surface area contributed by atoms with Gasteiger partial charge in [-0.05, 0) is 12.1 Å². The van der Waals surface area contributed by atoms with E-state index in [1.54, 1.807) is 11.3 Å². The zero-order valence-corrected chi connectivity index (χ0v) is 11.0. The van der Waals surface area contributed by atoms with Gasteiger partial charge in [0.1, 0.15) is 0 Å². The fourth-order valence-electron chi connectivity index (χ4n) is 1.96. The molecule has 1 N–H and O–H groups in total. The summed E-state index contributed by atoms with van der Waals surface area (Å²) in [7, 11) is 0. The number of hydrogen-bond donors (Lipinski definition) is 1. The van der Waals surface area contributed by atoms with Gasteiger partial charge in [0.25, 0.3) is 5.95 Å². The zero-order chi connectivity index (χ0) is 12.4. The lowest BCUT2D eigenvalue weighted by Gasteiger charge is -2.25. The summed E-state index contributed by atoms with van der Waals surface area (Å²) in [6.07, 6.45) is 0.615. The van der Waals surface area contributed by atoms with E-state index in [1.807, 2.05) is 12.3 Å². The molecule has 3 rings (SSSR count). The number of rotatable bonds is 3. The van der Waals surface area contributed by atoms with Crippen LogP contribution in [0.15, 0.2) is 9.90 Å². The third-order valence-electron chi connectivity index (χ3n) is 2.86. The van der Waals surface area contributed by atoms with Crippen LogP contribution in [0.1, 0.15) is 16.6 Å². The Labute approximate surface area is 109 Å². The molecule has 0 spiro atoms. The average molecular weight is 265 g/mol. The second kappa shape index (κ2) is 5.03. The van der Waals surface area contributed by atoms with Crippen LogP contribution in [-0.4, -0.2) is 41.3 Å². The number of anilines is 1. The van der Waals surface area contributed by atoms with Crippen molar-refractivity contribution in [2.24, 2.45) is 0 Å². The molecule has 0 atom stereocenters. The number of aromatic nitrogens is 3. The smallest absolute Gasteiger partial charge is 0.266 e. The Morgan fingerprint density at radius 3 is 2.94 bits per heavy atom. The lowest BCUT2D eigenvalue weighted by molar-refractivity contribution is 0.382. The van der Waals surface area contributed by atoms with Crippen LogP contribution in [0.2, 0.25) is 0 Å². The van der Waals surface area contributed by atoms with Crippen molar-refractivity contribution in [1.29, 1.82) is 0 Å². The van der Waals surface area contributed by atoms with Gasteiger partial charge in [0, 0.05) is 31.6 Å². The summed E-state index contributed by atoms with van der Waals surface area (Å²) in [6.45, 7) is 5.78. The molecule has 0 radical (unpaired) electrons. The molecule has 6 nitrogen and oxygen atoms in total. The summed E-state index contributed by atoms with van der Waals surface area (Å²) in [5.41, 5.74) is 0.994. The van der Waals surface area contributed by atoms with Crippen molar-refractivity contribution in [3.63, 3.8) is 0 Å². The van der Waals surface area contributed by atoms with Gasteiger partial charge in [-0.3, -0.25) is 0 Å². The topological polar surface area (TPSA) is 67.1 Å². The van der Waals surface area contributed by atoms with E-state index in [9.17, 15) is 0 Å². The fraction of sp³-hybridized carbons (Fsp3) is 0.545. The van der Waals surface area contributed by atoms with Crippen LogP contribution in [-0.2, 0) is 6.42 Å². The molecular formula is C11H15N5OS. The standard InChI is InChI=1S/C11H15N5OS/c1-8-13-9(7-18-8)6-10-14-11(15-17-10)16-4-2-12-3-5-16/h7,12H,2-6H2,1H3. The third kappa shape index (κ3) is 2.51. The summed E-state index contributed by atoms with van der Waals surface area (Å²) in [6, 6.07) is 0. The molecule has 0 aromatic carbocycles. The Bertz CT molecular complexity index is 517. The molecule has 0 unspecified atom stereocenters. The Kier molecular flexibility index (Phi) is 3.24. The van der Waals surface area contributed by atoms with Crippen LogP contribution in [0.4, 0.5) is 5.95 Å². The van der Waals surface area contributed by atoms with Gasteiger partial charge in [0.15, 0.2) is 0 Å². The maximum absolute atomic E-state index is 5.27. The predicted octanol–water partition coefficient (Wildman–Crippen LogP) is 0.835. The van der Waals surface area contributed by atoms with Crippen molar-refractivity contribution in [3.8, 4) is 0 Å². The van der Waals surface area contributed by atoms with Gasteiger partial charge < -0.3 is 14.7 Å². The van der Waals surface area contributed by atoms with Gasteiger partial charge >= 0.3 is 0 Å². The summed E-state index contributed by atoms with van der Waals surface area (Å²) in [4.78, 5) is 11.0. The van der Waals surface area contributed by atoms with Gasteiger partial charge in [0.05, 0.1) is 17.1 Å². The van der Waals surface area contributed by atoms with Crippen LogP contribution in [0.5, 0.6) is 0 Å². The van der Waals surface area contributed by atoms with Crippen LogP contribution < -0.4 is 10.2 Å². The van der Waals surface area contributed by atoms with Crippen LogP contribution in [0, 0.1) is 6.92 Å². The van der Waals surface area contributed by atoms with Crippen molar-refractivity contribution >= 4 is 17.3 Å². The van der Waals surface area contributed by atoms with Gasteiger partial charge in [0.2, 0.25) is 5.89 Å². The molecule has 1 aliphatic heterocycles. The molecule has 0 amide bonds. The lowest BCUT2D eigenvalue weighted by atomic mass is 10.3. The van der Waals surface area contributed by atoms with E-state index in [4.69, 9.17) is 4.52 Å². The van der Waals surface area contributed by atoms with Gasteiger partial charge in [-0.25, -0.2) is 4.98 Å². The Morgan fingerprint density at radius 1 is 1.39 bits per heavy atom. The van der Waals surface area contributed by atoms with E-state index in [-0.39, 0.29) is 0 Å². The van der Waals surface area contributed by atoms with Crippen molar-refractivity contribution in [1.82, 2.24) is 20.4 Å². The first-order chi connectivity index (χ1) is 8.81. The van der Waals surface area contributed by atoms with Gasteiger partial charge in [-0.2, -0.15) is 4.98 Å². The third-order valence-corrected chi connectivity index (χ3v) is 3.68. The van der Waals surface area contributed by atoms with Crippen molar-refractivity contribution < 1.29 is 4.52 Å². The fourth-order valence-corrected chi connectivity index (χ4v) is 2.57. The van der Waals surface area contributed by atoms with E-state index in [0.29, 0.717) is 18.3 Å². The molecule has 1 fully saturated rings. The first-order valence-electron chi connectivity index (χ1n) is 6.00. The van der Waals surface area contributed by atoms with Crippen molar-refractivity contribution in [2.75, 3.05) is 31.1 Å². The summed E-state index contributed by atoms with van der Waals surface area (Å²) < 4.78 is 5.27. The first-order valence-corrected chi connectivity index (χ1v) is 6.88. The zero-order valence-electron chi connectivity index (χ0n) is 10.2. The monoisotopic (exact) mass is 265 g/mol. The normalized spacial score (nSPS) is 16.2. The summed E-state index contributed by atoms with van der Waals surface area (Å²) in [5, 5.41) is 10.4. The van der Waals surface area contributed by atoms with Crippen LogP contribution in [0.25, 0.3) is 0 Å². The molecule has 0 bridgehead atoms. The lowest BCUT2D eigenvalue weighted by Crippen LogP contribution is -2.44. The van der Waals surface area contributed by atoms with Crippen molar-refractivity contribution in [2.45, 2.75) is 13.3 Å². The molecule has 7 heteroatoms. The maximum atomic E-state index is 5.27. The number of hydrogen-bond acceptors (Lipinski definition) is 7. The minimum atomic E-state index is 0.615. The van der Waals surface area contributed by atoms with E-state index >= 15 is 0 Å². The molecule has 0 saturated carbocycles. The molecule has 1 saturated heterocycles. The van der Waals surface area contributed by atoms with Crippen LogP contribution >= 0.6 is 11.3 Å². The van der Waals surface area contributed by atoms with Crippen molar-refractivity contribution in [3.05, 3.63) is 22.0 Å². The maximum Gasteiger partial charge on any atom is 0.266 e. The minimum absolute atomic E-state index is 0.615. The van der Waals surface area contributed by atoms with Gasteiger partial charge in [-0.15, -0.1) is 11.3 Å². The molecular weight excluding hydrogens is 250 g/mol. The highest BCUT2D eigenvalue weighted by Crippen LogP contribution is 2.15. The minimum Gasteiger partial charge on any atom is -0.337 e. The first kappa shape index (κ1) is 11.6. The SMILES string of the molecule is Cc1nc(Cc2nc(N3CCNCC3)no2)cs1. The largest absolute Gasteiger partial charge is 0.337 e. The van der Waals surface area contributed by atoms with Gasteiger partial charge in [-0.1, -0.05) is 0 Å². The Balaban J connectivity index is 1.69. The molecule has 0 aliphatic carbocycles. The highest BCUT2D eigenvalue weighted by molar-refractivity contribution is 7.09. The molecule has 96 valence electrons.